The lowest BCUT2D eigenvalue weighted by atomic mass is 10.1. The number of fused-ring (bicyclic) bond motifs is 1. The fourth-order valence-electron chi connectivity index (χ4n) is 2.88. The first kappa shape index (κ1) is 20.3. The Morgan fingerprint density at radius 2 is 1.79 bits per heavy atom. The molecule has 7 nitrogen and oxygen atoms in total. The van der Waals surface area contributed by atoms with E-state index < -0.39 is 17.7 Å². The van der Waals surface area contributed by atoms with Crippen LogP contribution in [0, 0.1) is 0 Å². The minimum absolute atomic E-state index is 0.276. The molecule has 0 aliphatic rings. The molecule has 0 saturated carbocycles. The monoisotopic (exact) mass is 398 g/mol. The van der Waals surface area contributed by atoms with Crippen LogP contribution in [-0.4, -0.2) is 32.9 Å². The van der Waals surface area contributed by atoms with Crippen LogP contribution >= 0.6 is 0 Å². The third kappa shape index (κ3) is 4.34. The van der Waals surface area contributed by atoms with Gasteiger partial charge in [-0.05, 0) is 49.7 Å². The van der Waals surface area contributed by atoms with Crippen LogP contribution in [0.25, 0.3) is 22.1 Å². The number of esters is 1. The van der Waals surface area contributed by atoms with Gasteiger partial charge in [0.25, 0.3) is 0 Å². The molecular formula is C22H22O7. The van der Waals surface area contributed by atoms with Crippen molar-refractivity contribution in [3.8, 4) is 28.4 Å². The highest BCUT2D eigenvalue weighted by Gasteiger charge is 2.17. The molecule has 1 atom stereocenters. The molecule has 152 valence electrons. The number of hydrogen-bond donors (Lipinski definition) is 0. The van der Waals surface area contributed by atoms with E-state index in [-0.39, 0.29) is 6.61 Å². The van der Waals surface area contributed by atoms with Crippen LogP contribution in [0.5, 0.6) is 17.2 Å². The van der Waals surface area contributed by atoms with Gasteiger partial charge in [-0.25, -0.2) is 9.59 Å². The van der Waals surface area contributed by atoms with Crippen LogP contribution in [0.15, 0.2) is 51.7 Å². The van der Waals surface area contributed by atoms with Crippen molar-refractivity contribution in [3.63, 3.8) is 0 Å². The summed E-state index contributed by atoms with van der Waals surface area (Å²) in [6.45, 7) is 3.60. The van der Waals surface area contributed by atoms with Crippen molar-refractivity contribution in [1.29, 1.82) is 0 Å². The van der Waals surface area contributed by atoms with Gasteiger partial charge < -0.3 is 23.4 Å². The molecule has 0 fully saturated rings. The van der Waals surface area contributed by atoms with E-state index in [1.807, 2.05) is 0 Å². The number of benzene rings is 2. The molecule has 2 aromatic carbocycles. The summed E-state index contributed by atoms with van der Waals surface area (Å²) in [6, 6.07) is 12.0. The lowest BCUT2D eigenvalue weighted by Gasteiger charge is -2.13. The molecule has 0 unspecified atom stereocenters. The molecule has 0 bridgehead atoms. The van der Waals surface area contributed by atoms with Crippen LogP contribution in [0.3, 0.4) is 0 Å². The molecule has 29 heavy (non-hydrogen) atoms. The van der Waals surface area contributed by atoms with Crippen molar-refractivity contribution in [3.05, 3.63) is 52.9 Å². The van der Waals surface area contributed by atoms with Gasteiger partial charge in [0.1, 0.15) is 11.3 Å². The lowest BCUT2D eigenvalue weighted by Crippen LogP contribution is -2.26. The van der Waals surface area contributed by atoms with Crippen molar-refractivity contribution >= 4 is 16.9 Å². The maximum absolute atomic E-state index is 12.6. The number of hydrogen-bond acceptors (Lipinski definition) is 7. The molecule has 0 aliphatic carbocycles. The first-order valence-corrected chi connectivity index (χ1v) is 9.10. The first-order valence-electron chi connectivity index (χ1n) is 9.10. The summed E-state index contributed by atoms with van der Waals surface area (Å²) in [4.78, 5) is 24.3. The van der Waals surface area contributed by atoms with E-state index in [0.29, 0.717) is 39.3 Å². The van der Waals surface area contributed by atoms with E-state index in [1.165, 1.54) is 7.11 Å². The Morgan fingerprint density at radius 3 is 2.48 bits per heavy atom. The van der Waals surface area contributed by atoms with Crippen LogP contribution in [-0.2, 0) is 9.53 Å². The van der Waals surface area contributed by atoms with Gasteiger partial charge in [0, 0.05) is 11.5 Å². The van der Waals surface area contributed by atoms with Gasteiger partial charge in [-0.15, -0.1) is 0 Å². The van der Waals surface area contributed by atoms with Crippen LogP contribution in [0.2, 0.25) is 0 Å². The Labute approximate surface area is 167 Å². The Kier molecular flexibility index (Phi) is 6.07. The number of carbonyl (C=O) groups is 1. The van der Waals surface area contributed by atoms with Gasteiger partial charge in [-0.2, -0.15) is 0 Å². The van der Waals surface area contributed by atoms with E-state index >= 15 is 0 Å². The molecule has 0 radical (unpaired) electrons. The summed E-state index contributed by atoms with van der Waals surface area (Å²) < 4.78 is 26.5. The molecule has 7 heteroatoms. The Hall–Kier alpha value is -3.48. The summed E-state index contributed by atoms with van der Waals surface area (Å²) in [6.07, 6.45) is -0.773. The molecule has 0 aliphatic heterocycles. The van der Waals surface area contributed by atoms with Gasteiger partial charge in [0.2, 0.25) is 0 Å². The summed E-state index contributed by atoms with van der Waals surface area (Å²) in [5.41, 5.74) is 0.898. The van der Waals surface area contributed by atoms with Crippen molar-refractivity contribution in [2.75, 3.05) is 20.8 Å². The summed E-state index contributed by atoms with van der Waals surface area (Å²) >= 11 is 0. The zero-order valence-corrected chi connectivity index (χ0v) is 16.7. The highest BCUT2D eigenvalue weighted by atomic mass is 16.6. The highest BCUT2D eigenvalue weighted by molar-refractivity contribution is 5.83. The predicted molar refractivity (Wildman–Crippen MR) is 108 cm³/mol. The summed E-state index contributed by atoms with van der Waals surface area (Å²) in [5, 5.41) is 0.713. The van der Waals surface area contributed by atoms with Crippen molar-refractivity contribution in [2.45, 2.75) is 20.0 Å². The normalized spacial score (nSPS) is 11.7. The summed E-state index contributed by atoms with van der Waals surface area (Å²) in [5.74, 6) is 1.03. The SMILES string of the molecule is CCOC(=O)[C@@H](C)Oc1ccc2cc(-c3ccc(OC)c(OC)c3)c(=O)oc2c1. The summed E-state index contributed by atoms with van der Waals surface area (Å²) in [7, 11) is 3.08. The fourth-order valence-corrected chi connectivity index (χ4v) is 2.88. The van der Waals surface area contributed by atoms with Crippen molar-refractivity contribution in [1.82, 2.24) is 0 Å². The second kappa shape index (κ2) is 8.68. The van der Waals surface area contributed by atoms with Gasteiger partial charge in [0.05, 0.1) is 26.4 Å². The smallest absolute Gasteiger partial charge is 0.347 e. The molecule has 3 aromatic rings. The maximum atomic E-state index is 12.6. The zero-order valence-electron chi connectivity index (χ0n) is 16.7. The zero-order chi connectivity index (χ0) is 21.0. The van der Waals surface area contributed by atoms with E-state index in [0.717, 1.165) is 0 Å². The van der Waals surface area contributed by atoms with Gasteiger partial charge >= 0.3 is 11.6 Å². The lowest BCUT2D eigenvalue weighted by molar-refractivity contribution is -0.150. The Morgan fingerprint density at radius 1 is 1.03 bits per heavy atom. The van der Waals surface area contributed by atoms with E-state index in [1.54, 1.807) is 63.4 Å². The highest BCUT2D eigenvalue weighted by Crippen LogP contribution is 2.32. The standard InChI is InChI=1S/C22H22O7/c1-5-27-21(23)13(2)28-16-8-6-15-10-17(22(24)29-19(15)12-16)14-7-9-18(25-3)20(11-14)26-4/h6-13H,5H2,1-4H3/t13-/m1/s1. The Bertz CT molecular complexity index is 1080. The van der Waals surface area contributed by atoms with E-state index in [4.69, 9.17) is 23.4 Å². The van der Waals surface area contributed by atoms with E-state index in [2.05, 4.69) is 0 Å². The molecular weight excluding hydrogens is 376 g/mol. The largest absolute Gasteiger partial charge is 0.493 e. The predicted octanol–water partition coefficient (Wildman–Crippen LogP) is 3.81. The fraction of sp³-hybridized carbons (Fsp3) is 0.273. The quantitative estimate of drug-likeness (QED) is 0.442. The third-order valence-electron chi connectivity index (χ3n) is 4.33. The molecule has 0 saturated heterocycles. The minimum atomic E-state index is -0.773. The average Bonchev–Trinajstić information content (AvgIpc) is 2.72. The van der Waals surface area contributed by atoms with Crippen LogP contribution < -0.4 is 19.8 Å². The number of ether oxygens (including phenoxy) is 4. The van der Waals surface area contributed by atoms with Crippen LogP contribution in [0.1, 0.15) is 13.8 Å². The van der Waals surface area contributed by atoms with Gasteiger partial charge in [0.15, 0.2) is 17.6 Å². The molecule has 1 heterocycles. The van der Waals surface area contributed by atoms with Gasteiger partial charge in [-0.1, -0.05) is 6.07 Å². The second-order valence-corrected chi connectivity index (χ2v) is 6.23. The first-order chi connectivity index (χ1) is 14.0. The minimum Gasteiger partial charge on any atom is -0.493 e. The number of rotatable bonds is 7. The van der Waals surface area contributed by atoms with Crippen LogP contribution in [0.4, 0.5) is 0 Å². The number of methoxy groups -OCH3 is 2. The maximum Gasteiger partial charge on any atom is 0.347 e. The topological polar surface area (TPSA) is 84.2 Å². The van der Waals surface area contributed by atoms with Gasteiger partial charge in [-0.3, -0.25) is 0 Å². The molecule has 3 rings (SSSR count). The second-order valence-electron chi connectivity index (χ2n) is 6.23. The average molecular weight is 398 g/mol. The third-order valence-corrected chi connectivity index (χ3v) is 4.33. The molecule has 0 N–H and O–H groups in total. The number of carbonyl (C=O) groups excluding carboxylic acids is 1. The van der Waals surface area contributed by atoms with Crippen molar-refractivity contribution in [2.24, 2.45) is 0 Å². The molecule has 0 spiro atoms. The van der Waals surface area contributed by atoms with E-state index in [9.17, 15) is 9.59 Å². The molecule has 1 aromatic heterocycles. The Balaban J connectivity index is 1.94. The molecule has 0 amide bonds. The van der Waals surface area contributed by atoms with Crippen molar-refractivity contribution < 1.29 is 28.2 Å².